The fourth-order valence-corrected chi connectivity index (χ4v) is 2.30. The van der Waals surface area contributed by atoms with Crippen LogP contribution in [-0.2, 0) is 0 Å². The van der Waals surface area contributed by atoms with Crippen molar-refractivity contribution >= 4 is 28.5 Å². The molecule has 0 unspecified atom stereocenters. The van der Waals surface area contributed by atoms with Crippen LogP contribution < -0.4 is 10.1 Å². The Morgan fingerprint density at radius 2 is 1.74 bits per heavy atom. The first-order chi connectivity index (χ1) is 11.1. The minimum absolute atomic E-state index is 0.224. The molecule has 6 heteroatoms. The molecule has 5 nitrogen and oxygen atoms in total. The van der Waals surface area contributed by atoms with E-state index in [1.54, 1.807) is 36.4 Å². The van der Waals surface area contributed by atoms with Gasteiger partial charge in [-0.2, -0.15) is 10.5 Å². The number of rotatable bonds is 5. The zero-order chi connectivity index (χ0) is 16.7. The van der Waals surface area contributed by atoms with E-state index >= 15 is 0 Å². The van der Waals surface area contributed by atoms with E-state index in [2.05, 4.69) is 34.0 Å². The highest BCUT2D eigenvalue weighted by Crippen LogP contribution is 2.21. The monoisotopic (exact) mass is 417 g/mol. The average Bonchev–Trinajstić information content (AvgIpc) is 2.60. The second-order valence-electron chi connectivity index (χ2n) is 4.55. The highest BCUT2D eigenvalue weighted by Gasteiger charge is 2.06. The highest BCUT2D eigenvalue weighted by atomic mass is 127. The molecule has 0 aliphatic heterocycles. The number of nitrogens with zero attached hydrogens (tertiary/aromatic N) is 2. The number of nitrogens with one attached hydrogen (secondary N) is 1. The van der Waals surface area contributed by atoms with Crippen molar-refractivity contribution in [3.8, 4) is 17.9 Å². The van der Waals surface area contributed by atoms with Gasteiger partial charge in [-0.1, -0.05) is 0 Å². The Bertz CT molecular complexity index is 789. The number of hydrogen-bond donors (Lipinski definition) is 1. The first-order valence-electron chi connectivity index (χ1n) is 6.75. The smallest absolute Gasteiger partial charge is 0.251 e. The van der Waals surface area contributed by atoms with Gasteiger partial charge in [0.1, 0.15) is 12.4 Å². The molecule has 0 aliphatic carbocycles. The molecule has 0 spiro atoms. The summed E-state index contributed by atoms with van der Waals surface area (Å²) in [5.41, 5.74) is 1.53. The molecule has 0 aliphatic rings. The van der Waals surface area contributed by atoms with Crippen LogP contribution in [0, 0.1) is 26.2 Å². The Kier molecular flexibility index (Phi) is 5.95. The van der Waals surface area contributed by atoms with Crippen molar-refractivity contribution in [3.63, 3.8) is 0 Å². The van der Waals surface area contributed by atoms with Gasteiger partial charge in [0.2, 0.25) is 0 Å². The zero-order valence-electron chi connectivity index (χ0n) is 12.0. The molecule has 1 N–H and O–H groups in total. The third kappa shape index (κ3) is 4.70. The summed E-state index contributed by atoms with van der Waals surface area (Å²) in [6.07, 6.45) is 0. The SMILES string of the molecule is N#Cc1ccc(C(=O)NCCOc2cc(C#N)ccc2I)cc1. The number of amides is 1. The predicted octanol–water partition coefficient (Wildman–Crippen LogP) is 2.84. The minimum atomic E-state index is -0.224. The van der Waals surface area contributed by atoms with Crippen molar-refractivity contribution in [2.24, 2.45) is 0 Å². The van der Waals surface area contributed by atoms with Crippen LogP contribution in [0.4, 0.5) is 0 Å². The average molecular weight is 417 g/mol. The lowest BCUT2D eigenvalue weighted by atomic mass is 10.1. The van der Waals surface area contributed by atoms with E-state index in [0.29, 0.717) is 35.6 Å². The number of benzene rings is 2. The molecule has 0 heterocycles. The molecule has 0 bridgehead atoms. The maximum atomic E-state index is 11.9. The Morgan fingerprint density at radius 1 is 1.09 bits per heavy atom. The molecule has 23 heavy (non-hydrogen) atoms. The largest absolute Gasteiger partial charge is 0.491 e. The van der Waals surface area contributed by atoms with Crippen molar-refractivity contribution < 1.29 is 9.53 Å². The molecule has 0 saturated carbocycles. The van der Waals surface area contributed by atoms with Crippen LogP contribution in [0.2, 0.25) is 0 Å². The second-order valence-corrected chi connectivity index (χ2v) is 5.71. The first kappa shape index (κ1) is 16.8. The lowest BCUT2D eigenvalue weighted by Gasteiger charge is -2.09. The molecule has 1 amide bonds. The molecule has 2 rings (SSSR count). The number of nitriles is 2. The molecule has 0 atom stereocenters. The number of halogens is 1. The maximum Gasteiger partial charge on any atom is 0.251 e. The normalized spacial score (nSPS) is 9.52. The van der Waals surface area contributed by atoms with E-state index in [4.69, 9.17) is 15.3 Å². The van der Waals surface area contributed by atoms with E-state index in [0.717, 1.165) is 3.57 Å². The molecule has 2 aromatic carbocycles. The fourth-order valence-electron chi connectivity index (χ4n) is 1.81. The van der Waals surface area contributed by atoms with Crippen LogP contribution in [0.15, 0.2) is 42.5 Å². The van der Waals surface area contributed by atoms with Gasteiger partial charge < -0.3 is 10.1 Å². The maximum absolute atomic E-state index is 11.9. The van der Waals surface area contributed by atoms with E-state index < -0.39 is 0 Å². The molecular formula is C17H12IN3O2. The second kappa shape index (κ2) is 8.16. The first-order valence-corrected chi connectivity index (χ1v) is 7.82. The van der Waals surface area contributed by atoms with Gasteiger partial charge in [-0.05, 0) is 65.1 Å². The summed E-state index contributed by atoms with van der Waals surface area (Å²) >= 11 is 2.13. The fraction of sp³-hybridized carbons (Fsp3) is 0.118. The third-order valence-corrected chi connectivity index (χ3v) is 3.87. The molecule has 2 aromatic rings. The molecule has 0 fully saturated rings. The quantitative estimate of drug-likeness (QED) is 0.599. The summed E-state index contributed by atoms with van der Waals surface area (Å²) < 4.78 is 6.49. The standard InChI is InChI=1S/C17H12IN3O2/c18-15-6-3-13(11-20)9-16(15)23-8-7-21-17(22)14-4-1-12(10-19)2-5-14/h1-6,9H,7-8H2,(H,21,22). The van der Waals surface area contributed by atoms with Crippen LogP contribution in [0.25, 0.3) is 0 Å². The Hall–Kier alpha value is -2.58. The summed E-state index contributed by atoms with van der Waals surface area (Å²) in [5.74, 6) is 0.399. The van der Waals surface area contributed by atoms with Crippen LogP contribution in [0.3, 0.4) is 0 Å². The summed E-state index contributed by atoms with van der Waals surface area (Å²) in [4.78, 5) is 11.9. The van der Waals surface area contributed by atoms with Crippen molar-refractivity contribution in [2.75, 3.05) is 13.2 Å². The van der Waals surface area contributed by atoms with Crippen LogP contribution >= 0.6 is 22.6 Å². The topological polar surface area (TPSA) is 85.9 Å². The van der Waals surface area contributed by atoms with Gasteiger partial charge in [-0.15, -0.1) is 0 Å². The van der Waals surface area contributed by atoms with E-state index in [9.17, 15) is 4.79 Å². The minimum Gasteiger partial charge on any atom is -0.491 e. The van der Waals surface area contributed by atoms with Crippen molar-refractivity contribution in [1.82, 2.24) is 5.32 Å². The molecule has 0 aromatic heterocycles. The Morgan fingerprint density at radius 3 is 2.39 bits per heavy atom. The number of ether oxygens (including phenoxy) is 1. The predicted molar refractivity (Wildman–Crippen MR) is 92.9 cm³/mol. The van der Waals surface area contributed by atoms with E-state index in [1.165, 1.54) is 0 Å². The van der Waals surface area contributed by atoms with Crippen molar-refractivity contribution in [3.05, 3.63) is 62.7 Å². The molecular weight excluding hydrogens is 405 g/mol. The third-order valence-electron chi connectivity index (χ3n) is 2.98. The van der Waals surface area contributed by atoms with E-state index in [-0.39, 0.29) is 5.91 Å². The van der Waals surface area contributed by atoms with Gasteiger partial charge in [0, 0.05) is 5.56 Å². The van der Waals surface area contributed by atoms with Crippen LogP contribution in [0.5, 0.6) is 5.75 Å². The Balaban J connectivity index is 1.84. The number of hydrogen-bond acceptors (Lipinski definition) is 4. The number of carbonyl (C=O) groups is 1. The van der Waals surface area contributed by atoms with Gasteiger partial charge in [0.15, 0.2) is 0 Å². The lowest BCUT2D eigenvalue weighted by Crippen LogP contribution is -2.28. The van der Waals surface area contributed by atoms with Gasteiger partial charge >= 0.3 is 0 Å². The zero-order valence-corrected chi connectivity index (χ0v) is 14.2. The van der Waals surface area contributed by atoms with Gasteiger partial charge in [-0.25, -0.2) is 0 Å². The summed E-state index contributed by atoms with van der Waals surface area (Å²) in [5, 5.41) is 20.3. The van der Waals surface area contributed by atoms with E-state index in [1.807, 2.05) is 12.1 Å². The summed E-state index contributed by atoms with van der Waals surface area (Å²) in [6, 6.07) is 15.7. The van der Waals surface area contributed by atoms with Gasteiger partial charge in [0.05, 0.1) is 33.4 Å². The summed E-state index contributed by atoms with van der Waals surface area (Å²) in [6.45, 7) is 0.637. The highest BCUT2D eigenvalue weighted by molar-refractivity contribution is 14.1. The molecule has 0 saturated heterocycles. The van der Waals surface area contributed by atoms with Crippen LogP contribution in [-0.4, -0.2) is 19.1 Å². The van der Waals surface area contributed by atoms with Crippen molar-refractivity contribution in [2.45, 2.75) is 0 Å². The van der Waals surface area contributed by atoms with Crippen LogP contribution in [0.1, 0.15) is 21.5 Å². The van der Waals surface area contributed by atoms with Gasteiger partial charge in [0.25, 0.3) is 5.91 Å². The molecule has 0 radical (unpaired) electrons. The van der Waals surface area contributed by atoms with Crippen molar-refractivity contribution in [1.29, 1.82) is 10.5 Å². The Labute approximate surface area is 147 Å². The summed E-state index contributed by atoms with van der Waals surface area (Å²) in [7, 11) is 0. The lowest BCUT2D eigenvalue weighted by molar-refractivity contribution is 0.0947. The molecule has 114 valence electrons. The number of carbonyl (C=O) groups excluding carboxylic acids is 1. The van der Waals surface area contributed by atoms with Gasteiger partial charge in [-0.3, -0.25) is 4.79 Å².